The summed E-state index contributed by atoms with van der Waals surface area (Å²) in [5, 5.41) is 2.97. The number of carbonyl (C=O) groups excluding carboxylic acids is 1. The first-order valence-corrected chi connectivity index (χ1v) is 10.8. The van der Waals surface area contributed by atoms with Crippen LogP contribution in [0.25, 0.3) is 0 Å². The number of furan rings is 2. The lowest BCUT2D eigenvalue weighted by Gasteiger charge is -2.20. The molecule has 0 radical (unpaired) electrons. The summed E-state index contributed by atoms with van der Waals surface area (Å²) in [7, 11) is 0. The van der Waals surface area contributed by atoms with Crippen molar-refractivity contribution < 1.29 is 13.6 Å². The van der Waals surface area contributed by atoms with Crippen molar-refractivity contribution in [3.05, 3.63) is 71.4 Å². The van der Waals surface area contributed by atoms with Gasteiger partial charge in [0.25, 0.3) is 5.91 Å². The van der Waals surface area contributed by atoms with Gasteiger partial charge in [-0.1, -0.05) is 6.07 Å². The number of aryl methyl sites for hydroxylation is 1. The van der Waals surface area contributed by atoms with E-state index in [-0.39, 0.29) is 5.91 Å². The maximum atomic E-state index is 12.3. The van der Waals surface area contributed by atoms with Crippen LogP contribution in [0.3, 0.4) is 0 Å². The van der Waals surface area contributed by atoms with E-state index in [1.54, 1.807) is 6.07 Å². The number of amides is 1. The zero-order valence-corrected chi connectivity index (χ0v) is 17.1. The number of anilines is 2. The third-order valence-electron chi connectivity index (χ3n) is 6.01. The number of carbonyl (C=O) groups is 1. The third kappa shape index (κ3) is 4.14. The molecule has 2 aromatic heterocycles. The third-order valence-corrected chi connectivity index (χ3v) is 6.01. The van der Waals surface area contributed by atoms with Crippen LogP contribution in [0.1, 0.15) is 46.5 Å². The maximum Gasteiger partial charge on any atom is 0.258 e. The number of benzene rings is 1. The van der Waals surface area contributed by atoms with Crippen LogP contribution in [0.2, 0.25) is 0 Å². The highest BCUT2D eigenvalue weighted by atomic mass is 16.4. The van der Waals surface area contributed by atoms with E-state index < -0.39 is 0 Å². The molecule has 6 heteroatoms. The summed E-state index contributed by atoms with van der Waals surface area (Å²) in [4.78, 5) is 17.1. The smallest absolute Gasteiger partial charge is 0.258 e. The minimum Gasteiger partial charge on any atom is -0.472 e. The van der Waals surface area contributed by atoms with E-state index in [9.17, 15) is 4.79 Å². The van der Waals surface area contributed by atoms with Gasteiger partial charge in [0, 0.05) is 31.4 Å². The molecule has 30 heavy (non-hydrogen) atoms. The Balaban J connectivity index is 1.27. The van der Waals surface area contributed by atoms with Crippen molar-refractivity contribution in [3.63, 3.8) is 0 Å². The standard InChI is InChI=1S/C24H27N3O3/c28-24(19-9-13-29-17-19)25-21-6-5-18-4-3-10-26(15-20(18)14-21)16-22-7-8-23(30-22)27-11-1-2-12-27/h5-9,13-14,17H,1-4,10-12,15-16H2,(H,25,28). The highest BCUT2D eigenvalue weighted by Gasteiger charge is 2.19. The fraction of sp³-hybridized carbons (Fsp3) is 0.375. The fourth-order valence-electron chi connectivity index (χ4n) is 4.42. The monoisotopic (exact) mass is 405 g/mol. The molecule has 156 valence electrons. The molecule has 0 unspecified atom stereocenters. The molecule has 0 spiro atoms. The molecule has 0 aliphatic carbocycles. The van der Waals surface area contributed by atoms with Crippen LogP contribution in [0.4, 0.5) is 11.6 Å². The van der Waals surface area contributed by atoms with Crippen molar-refractivity contribution in [3.8, 4) is 0 Å². The molecule has 6 nitrogen and oxygen atoms in total. The Morgan fingerprint density at radius 1 is 1.00 bits per heavy atom. The average Bonchev–Trinajstić information content (AvgIpc) is 3.50. The Hall–Kier alpha value is -2.99. The van der Waals surface area contributed by atoms with Crippen LogP contribution in [-0.2, 0) is 19.5 Å². The molecule has 5 rings (SSSR count). The van der Waals surface area contributed by atoms with Crippen molar-refractivity contribution in [1.82, 2.24) is 4.90 Å². The summed E-state index contributed by atoms with van der Waals surface area (Å²) in [6.45, 7) is 4.88. The number of rotatable bonds is 5. The number of nitrogens with zero attached hydrogens (tertiary/aromatic N) is 2. The molecular formula is C24H27N3O3. The Bertz CT molecular complexity index is 1000. The molecule has 1 fully saturated rings. The van der Waals surface area contributed by atoms with E-state index in [2.05, 4.69) is 39.4 Å². The average molecular weight is 405 g/mol. The molecule has 1 N–H and O–H groups in total. The van der Waals surface area contributed by atoms with Crippen LogP contribution in [0.5, 0.6) is 0 Å². The van der Waals surface area contributed by atoms with Crippen molar-refractivity contribution in [2.45, 2.75) is 38.8 Å². The molecule has 0 atom stereocenters. The van der Waals surface area contributed by atoms with Crippen LogP contribution in [0, 0.1) is 0 Å². The van der Waals surface area contributed by atoms with Crippen LogP contribution < -0.4 is 10.2 Å². The molecule has 1 amide bonds. The summed E-state index contributed by atoms with van der Waals surface area (Å²) >= 11 is 0. The molecular weight excluding hydrogens is 378 g/mol. The maximum absolute atomic E-state index is 12.3. The number of hydrogen-bond acceptors (Lipinski definition) is 5. The van der Waals surface area contributed by atoms with E-state index in [4.69, 9.17) is 8.83 Å². The van der Waals surface area contributed by atoms with Gasteiger partial charge in [0.1, 0.15) is 12.0 Å². The Kier molecular flexibility index (Phi) is 5.32. The highest BCUT2D eigenvalue weighted by Crippen LogP contribution is 2.27. The van der Waals surface area contributed by atoms with Crippen molar-refractivity contribution in [2.24, 2.45) is 0 Å². The zero-order valence-electron chi connectivity index (χ0n) is 17.1. The molecule has 0 saturated carbocycles. The molecule has 1 saturated heterocycles. The van der Waals surface area contributed by atoms with E-state index in [0.29, 0.717) is 5.56 Å². The van der Waals surface area contributed by atoms with Crippen LogP contribution in [0.15, 0.2) is 57.8 Å². The predicted molar refractivity (Wildman–Crippen MR) is 116 cm³/mol. The number of hydrogen-bond donors (Lipinski definition) is 1. The molecule has 2 aliphatic heterocycles. The molecule has 2 aliphatic rings. The van der Waals surface area contributed by atoms with E-state index >= 15 is 0 Å². The van der Waals surface area contributed by atoms with Gasteiger partial charge in [-0.25, -0.2) is 0 Å². The van der Waals surface area contributed by atoms with Gasteiger partial charge in [0.05, 0.1) is 18.4 Å². The summed E-state index contributed by atoms with van der Waals surface area (Å²) in [6, 6.07) is 12.1. The second-order valence-electron chi connectivity index (χ2n) is 8.20. The summed E-state index contributed by atoms with van der Waals surface area (Å²) < 4.78 is 11.1. The predicted octanol–water partition coefficient (Wildman–Crippen LogP) is 4.67. The van der Waals surface area contributed by atoms with Gasteiger partial charge in [-0.05, 0) is 67.6 Å². The first kappa shape index (κ1) is 19.0. The van der Waals surface area contributed by atoms with Gasteiger partial charge in [-0.2, -0.15) is 0 Å². The van der Waals surface area contributed by atoms with Gasteiger partial charge in [0.15, 0.2) is 5.88 Å². The van der Waals surface area contributed by atoms with Crippen LogP contribution in [-0.4, -0.2) is 30.4 Å². The van der Waals surface area contributed by atoms with E-state index in [1.165, 1.54) is 36.5 Å². The fourth-order valence-corrected chi connectivity index (χ4v) is 4.42. The van der Waals surface area contributed by atoms with E-state index in [0.717, 1.165) is 62.9 Å². The van der Waals surface area contributed by atoms with Crippen molar-refractivity contribution in [2.75, 3.05) is 29.9 Å². The first-order chi connectivity index (χ1) is 14.7. The van der Waals surface area contributed by atoms with Gasteiger partial charge in [-0.3, -0.25) is 9.69 Å². The first-order valence-electron chi connectivity index (χ1n) is 10.8. The number of fused-ring (bicyclic) bond motifs is 1. The second kappa shape index (κ2) is 8.40. The number of nitrogens with one attached hydrogen (secondary N) is 1. The van der Waals surface area contributed by atoms with Gasteiger partial charge in [-0.15, -0.1) is 0 Å². The zero-order chi connectivity index (χ0) is 20.3. The molecule has 3 aromatic rings. The van der Waals surface area contributed by atoms with Crippen molar-refractivity contribution in [1.29, 1.82) is 0 Å². The van der Waals surface area contributed by atoms with Gasteiger partial charge < -0.3 is 19.1 Å². The SMILES string of the molecule is O=C(Nc1ccc2c(c1)CN(Cc1ccc(N3CCCC3)o1)CCC2)c1ccoc1. The Morgan fingerprint density at radius 3 is 2.73 bits per heavy atom. The lowest BCUT2D eigenvalue weighted by Crippen LogP contribution is -2.22. The lowest BCUT2D eigenvalue weighted by atomic mass is 10.0. The topological polar surface area (TPSA) is 61.9 Å². The summed E-state index contributed by atoms with van der Waals surface area (Å²) in [6.07, 6.45) is 7.64. The summed E-state index contributed by atoms with van der Waals surface area (Å²) in [5.74, 6) is 1.87. The van der Waals surface area contributed by atoms with Crippen molar-refractivity contribution >= 4 is 17.5 Å². The van der Waals surface area contributed by atoms with Gasteiger partial charge in [0.2, 0.25) is 0 Å². The quantitative estimate of drug-likeness (QED) is 0.668. The highest BCUT2D eigenvalue weighted by molar-refractivity contribution is 6.04. The van der Waals surface area contributed by atoms with E-state index in [1.807, 2.05) is 6.07 Å². The second-order valence-corrected chi connectivity index (χ2v) is 8.20. The van der Waals surface area contributed by atoms with Gasteiger partial charge >= 0.3 is 0 Å². The molecule has 4 heterocycles. The molecule has 0 bridgehead atoms. The minimum absolute atomic E-state index is 0.154. The Labute approximate surface area is 176 Å². The molecule has 1 aromatic carbocycles. The normalized spacial score (nSPS) is 17.0. The summed E-state index contributed by atoms with van der Waals surface area (Å²) in [5.41, 5.74) is 3.97. The Morgan fingerprint density at radius 2 is 1.90 bits per heavy atom. The largest absolute Gasteiger partial charge is 0.472 e. The van der Waals surface area contributed by atoms with Crippen LogP contribution >= 0.6 is 0 Å². The minimum atomic E-state index is -0.154. The lowest BCUT2D eigenvalue weighted by molar-refractivity contribution is 0.102.